The number of rotatable bonds is 5. The van der Waals surface area contributed by atoms with E-state index >= 15 is 0 Å². The number of benzene rings is 1. The smallest absolute Gasteiger partial charge is 0.319 e. The van der Waals surface area contributed by atoms with Crippen molar-refractivity contribution in [3.05, 3.63) is 30.3 Å². The first-order chi connectivity index (χ1) is 9.45. The van der Waals surface area contributed by atoms with E-state index < -0.39 is 23.3 Å². The first kappa shape index (κ1) is 14.0. The van der Waals surface area contributed by atoms with Crippen LogP contribution in [0.4, 0.5) is 5.69 Å². The van der Waals surface area contributed by atoms with Crippen molar-refractivity contribution in [1.29, 1.82) is 0 Å². The van der Waals surface area contributed by atoms with Crippen LogP contribution in [0.1, 0.15) is 19.8 Å². The third-order valence-electron chi connectivity index (χ3n) is 3.38. The van der Waals surface area contributed by atoms with E-state index in [0.29, 0.717) is 18.5 Å². The van der Waals surface area contributed by atoms with Crippen molar-refractivity contribution in [2.45, 2.75) is 25.8 Å². The molecule has 2 rings (SSSR count). The minimum absolute atomic E-state index is 0.321. The molecule has 6 heteroatoms. The Morgan fingerprint density at radius 2 is 1.80 bits per heavy atom. The molecule has 1 aromatic rings. The van der Waals surface area contributed by atoms with Crippen molar-refractivity contribution in [3.8, 4) is 0 Å². The summed E-state index contributed by atoms with van der Waals surface area (Å²) < 4.78 is 0. The molecule has 0 bridgehead atoms. The van der Waals surface area contributed by atoms with Gasteiger partial charge in [0, 0.05) is 5.69 Å². The lowest BCUT2D eigenvalue weighted by molar-refractivity contribution is -0.149. The predicted octanol–water partition coefficient (Wildman–Crippen LogP) is 0.995. The standard InChI is InChI=1S/C14H16N2O4/c1-9(11(17)16-10-5-3-2-4-6-10)15-12(18)14(7-8-14)13(19)20/h2-6,9H,7-8H2,1H3,(H,15,18)(H,16,17)(H,19,20)/t9-/m1/s1. The highest BCUT2D eigenvalue weighted by Crippen LogP contribution is 2.46. The average molecular weight is 276 g/mol. The van der Waals surface area contributed by atoms with E-state index in [9.17, 15) is 14.4 Å². The van der Waals surface area contributed by atoms with Gasteiger partial charge in [0.25, 0.3) is 0 Å². The van der Waals surface area contributed by atoms with E-state index in [1.807, 2.05) is 6.07 Å². The summed E-state index contributed by atoms with van der Waals surface area (Å²) >= 11 is 0. The van der Waals surface area contributed by atoms with Crippen LogP contribution < -0.4 is 10.6 Å². The molecular formula is C14H16N2O4. The zero-order valence-corrected chi connectivity index (χ0v) is 11.1. The number of nitrogens with one attached hydrogen (secondary N) is 2. The van der Waals surface area contributed by atoms with Gasteiger partial charge in [0.15, 0.2) is 0 Å². The monoisotopic (exact) mass is 276 g/mol. The van der Waals surface area contributed by atoms with Crippen LogP contribution in [0, 0.1) is 5.41 Å². The lowest BCUT2D eigenvalue weighted by atomic mass is 10.1. The number of carbonyl (C=O) groups excluding carboxylic acids is 2. The maximum atomic E-state index is 11.9. The van der Waals surface area contributed by atoms with Crippen LogP contribution >= 0.6 is 0 Å². The van der Waals surface area contributed by atoms with Gasteiger partial charge in [0.1, 0.15) is 11.5 Å². The average Bonchev–Trinajstić information content (AvgIpc) is 3.21. The first-order valence-electron chi connectivity index (χ1n) is 6.36. The molecule has 1 aliphatic rings. The minimum atomic E-state index is -1.33. The zero-order chi connectivity index (χ0) is 14.8. The van der Waals surface area contributed by atoms with Gasteiger partial charge in [-0.05, 0) is 31.9 Å². The summed E-state index contributed by atoms with van der Waals surface area (Å²) in [7, 11) is 0. The molecule has 2 amide bonds. The van der Waals surface area contributed by atoms with Gasteiger partial charge in [0.05, 0.1) is 0 Å². The summed E-state index contributed by atoms with van der Waals surface area (Å²) in [6.45, 7) is 1.52. The Balaban J connectivity index is 1.92. The van der Waals surface area contributed by atoms with E-state index in [2.05, 4.69) is 10.6 Å². The lowest BCUT2D eigenvalue weighted by Crippen LogP contribution is -2.46. The predicted molar refractivity (Wildman–Crippen MR) is 72.0 cm³/mol. The van der Waals surface area contributed by atoms with Crippen molar-refractivity contribution in [2.75, 3.05) is 5.32 Å². The fourth-order valence-electron chi connectivity index (χ4n) is 1.84. The Labute approximate surface area is 116 Å². The van der Waals surface area contributed by atoms with E-state index in [0.717, 1.165) is 0 Å². The number of carboxylic acids is 1. The van der Waals surface area contributed by atoms with Gasteiger partial charge in [-0.1, -0.05) is 18.2 Å². The van der Waals surface area contributed by atoms with Crippen LogP contribution in [-0.2, 0) is 14.4 Å². The fraction of sp³-hybridized carbons (Fsp3) is 0.357. The molecule has 6 nitrogen and oxygen atoms in total. The fourth-order valence-corrected chi connectivity index (χ4v) is 1.84. The molecule has 1 saturated carbocycles. The summed E-state index contributed by atoms with van der Waals surface area (Å²) in [5, 5.41) is 14.1. The molecule has 0 aliphatic heterocycles. The maximum Gasteiger partial charge on any atom is 0.319 e. The Hall–Kier alpha value is -2.37. The highest BCUT2D eigenvalue weighted by atomic mass is 16.4. The normalized spacial score (nSPS) is 16.9. The number of carboxylic acid groups (broad SMARTS) is 1. The number of anilines is 1. The highest BCUT2D eigenvalue weighted by molar-refractivity contribution is 6.06. The van der Waals surface area contributed by atoms with Crippen LogP contribution in [0.5, 0.6) is 0 Å². The second kappa shape index (κ2) is 5.32. The number of amides is 2. The van der Waals surface area contributed by atoms with E-state index in [1.165, 1.54) is 6.92 Å². The number of hydrogen-bond acceptors (Lipinski definition) is 3. The van der Waals surface area contributed by atoms with Crippen LogP contribution in [0.15, 0.2) is 30.3 Å². The van der Waals surface area contributed by atoms with Crippen molar-refractivity contribution in [1.82, 2.24) is 5.32 Å². The number of aliphatic carboxylic acids is 1. The van der Waals surface area contributed by atoms with E-state index in [-0.39, 0.29) is 5.91 Å². The quantitative estimate of drug-likeness (QED) is 0.699. The van der Waals surface area contributed by atoms with Gasteiger partial charge >= 0.3 is 5.97 Å². The molecule has 0 saturated heterocycles. The molecule has 106 valence electrons. The molecule has 0 spiro atoms. The van der Waals surface area contributed by atoms with Crippen LogP contribution in [0.2, 0.25) is 0 Å². The van der Waals surface area contributed by atoms with Gasteiger partial charge in [-0.2, -0.15) is 0 Å². The summed E-state index contributed by atoms with van der Waals surface area (Å²) in [6, 6.07) is 8.05. The van der Waals surface area contributed by atoms with Gasteiger partial charge < -0.3 is 15.7 Å². The third kappa shape index (κ3) is 2.79. The molecular weight excluding hydrogens is 260 g/mol. The largest absolute Gasteiger partial charge is 0.480 e. The zero-order valence-electron chi connectivity index (χ0n) is 11.1. The van der Waals surface area contributed by atoms with Gasteiger partial charge in [-0.25, -0.2) is 0 Å². The SMILES string of the molecule is C[C@@H](NC(=O)C1(C(=O)O)CC1)C(=O)Nc1ccccc1. The number of carbonyl (C=O) groups is 3. The molecule has 1 aliphatic carbocycles. The van der Waals surface area contributed by atoms with Crippen LogP contribution in [0.3, 0.4) is 0 Å². The summed E-state index contributed by atoms with van der Waals surface area (Å²) in [4.78, 5) is 34.8. The van der Waals surface area contributed by atoms with Crippen molar-refractivity contribution >= 4 is 23.5 Å². The van der Waals surface area contributed by atoms with Gasteiger partial charge in [-0.15, -0.1) is 0 Å². The number of para-hydroxylation sites is 1. The third-order valence-corrected chi connectivity index (χ3v) is 3.38. The molecule has 1 aromatic carbocycles. The summed E-state index contributed by atoms with van der Waals surface area (Å²) in [5.41, 5.74) is -0.709. The molecule has 1 atom stereocenters. The molecule has 3 N–H and O–H groups in total. The van der Waals surface area contributed by atoms with Crippen molar-refractivity contribution < 1.29 is 19.5 Å². The van der Waals surface area contributed by atoms with Crippen LogP contribution in [0.25, 0.3) is 0 Å². The van der Waals surface area contributed by atoms with Crippen molar-refractivity contribution in [3.63, 3.8) is 0 Å². The summed E-state index contributed by atoms with van der Waals surface area (Å²) in [5.74, 6) is -2.11. The molecule has 1 fully saturated rings. The van der Waals surface area contributed by atoms with Gasteiger partial charge in [0.2, 0.25) is 11.8 Å². The lowest BCUT2D eigenvalue weighted by Gasteiger charge is -2.16. The number of hydrogen-bond donors (Lipinski definition) is 3. The van der Waals surface area contributed by atoms with Crippen molar-refractivity contribution in [2.24, 2.45) is 5.41 Å². The summed E-state index contributed by atoms with van der Waals surface area (Å²) in [6.07, 6.45) is 0.641. The molecule has 20 heavy (non-hydrogen) atoms. The highest BCUT2D eigenvalue weighted by Gasteiger charge is 2.57. The first-order valence-corrected chi connectivity index (χ1v) is 6.36. The topological polar surface area (TPSA) is 95.5 Å². The molecule has 0 aromatic heterocycles. The minimum Gasteiger partial charge on any atom is -0.480 e. The molecule has 0 radical (unpaired) electrons. The Morgan fingerprint density at radius 3 is 2.30 bits per heavy atom. The maximum absolute atomic E-state index is 11.9. The van der Waals surface area contributed by atoms with Crippen LogP contribution in [-0.4, -0.2) is 28.9 Å². The molecule has 0 unspecified atom stereocenters. The van der Waals surface area contributed by atoms with Gasteiger partial charge in [-0.3, -0.25) is 14.4 Å². The Morgan fingerprint density at radius 1 is 1.20 bits per heavy atom. The second-order valence-electron chi connectivity index (χ2n) is 4.94. The molecule has 0 heterocycles. The second-order valence-corrected chi connectivity index (χ2v) is 4.94. The van der Waals surface area contributed by atoms with E-state index in [4.69, 9.17) is 5.11 Å². The Bertz CT molecular complexity index is 537. The Kier molecular flexibility index (Phi) is 3.74. The van der Waals surface area contributed by atoms with E-state index in [1.54, 1.807) is 24.3 Å².